The van der Waals surface area contributed by atoms with Gasteiger partial charge in [-0.2, -0.15) is 0 Å². The lowest BCUT2D eigenvalue weighted by molar-refractivity contribution is 0.537. The summed E-state index contributed by atoms with van der Waals surface area (Å²) in [6.45, 7) is 4.50. The van der Waals surface area contributed by atoms with E-state index < -0.39 is 24.6 Å². The highest BCUT2D eigenvalue weighted by Crippen LogP contribution is 2.19. The molecule has 0 aliphatic rings. The van der Waals surface area contributed by atoms with E-state index in [1.807, 2.05) is 0 Å². The third kappa shape index (κ3) is 3.71. The summed E-state index contributed by atoms with van der Waals surface area (Å²) in [5.74, 6) is 0. The van der Waals surface area contributed by atoms with Gasteiger partial charge in [0.05, 0.1) is 9.64 Å². The van der Waals surface area contributed by atoms with Gasteiger partial charge in [-0.25, -0.2) is 21.6 Å². The fourth-order valence-electron chi connectivity index (χ4n) is 1.27. The summed E-state index contributed by atoms with van der Waals surface area (Å²) in [5.41, 5.74) is 6.83. The number of benzene rings is 1. The van der Waals surface area contributed by atoms with E-state index in [-0.39, 0.29) is 11.4 Å². The molecule has 0 aromatic heterocycles. The second-order valence-corrected chi connectivity index (χ2v) is 9.79. The number of aryl methyl sites for hydroxylation is 1. The van der Waals surface area contributed by atoms with Gasteiger partial charge in [-0.3, -0.25) is 0 Å². The Labute approximate surface area is 120 Å². The van der Waals surface area contributed by atoms with E-state index in [0.29, 0.717) is 5.69 Å². The van der Waals surface area contributed by atoms with Crippen molar-refractivity contribution in [2.75, 3.05) is 18.5 Å². The number of nitrogens with one attached hydrogen (secondary N) is 1. The molecule has 0 saturated carbocycles. The number of rotatable bonds is 5. The Hall–Kier alpha value is -1.12. The standard InChI is InChI=1S/C12H20N2O4S2/c1-9-5-6-10(7-11(9)13)20(17,18)14-8-12(2,3)19(4,15)16/h5-7,14H,8,13H2,1-4H3. The van der Waals surface area contributed by atoms with Crippen molar-refractivity contribution in [1.82, 2.24) is 4.72 Å². The van der Waals surface area contributed by atoms with Gasteiger partial charge in [-0.05, 0) is 38.5 Å². The normalized spacial score (nSPS) is 13.4. The summed E-state index contributed by atoms with van der Waals surface area (Å²) >= 11 is 0. The molecule has 0 atom stereocenters. The van der Waals surface area contributed by atoms with Crippen LogP contribution in [0.25, 0.3) is 0 Å². The molecule has 1 aromatic rings. The van der Waals surface area contributed by atoms with Crippen LogP contribution in [0.5, 0.6) is 0 Å². The molecule has 3 N–H and O–H groups in total. The molecule has 0 amide bonds. The first-order valence-corrected chi connectivity index (χ1v) is 9.30. The molecule has 0 unspecified atom stereocenters. The smallest absolute Gasteiger partial charge is 0.240 e. The predicted molar refractivity (Wildman–Crippen MR) is 79.7 cm³/mol. The zero-order chi connectivity index (χ0) is 15.8. The third-order valence-corrected chi connectivity index (χ3v) is 6.80. The second kappa shape index (κ2) is 5.34. The van der Waals surface area contributed by atoms with Crippen molar-refractivity contribution in [3.8, 4) is 0 Å². The fraction of sp³-hybridized carbons (Fsp3) is 0.500. The summed E-state index contributed by atoms with van der Waals surface area (Å²) in [4.78, 5) is 0.0184. The molecule has 0 heterocycles. The lowest BCUT2D eigenvalue weighted by atomic mass is 10.2. The van der Waals surface area contributed by atoms with Crippen LogP contribution in [0, 0.1) is 6.92 Å². The molecule has 0 spiro atoms. The fourth-order valence-corrected chi connectivity index (χ4v) is 2.94. The Balaban J connectivity index is 3.00. The molecule has 0 aliphatic heterocycles. The molecule has 0 aliphatic carbocycles. The molecule has 1 aromatic carbocycles. The average molecular weight is 320 g/mol. The number of hydrogen-bond donors (Lipinski definition) is 2. The topological polar surface area (TPSA) is 106 Å². The van der Waals surface area contributed by atoms with Crippen molar-refractivity contribution in [1.29, 1.82) is 0 Å². The molecule has 8 heteroatoms. The number of nitrogens with two attached hydrogens (primary N) is 1. The summed E-state index contributed by atoms with van der Waals surface area (Å²) in [5, 5.41) is 0. The van der Waals surface area contributed by atoms with Gasteiger partial charge >= 0.3 is 0 Å². The highest BCUT2D eigenvalue weighted by atomic mass is 32.2. The van der Waals surface area contributed by atoms with E-state index in [1.165, 1.54) is 26.0 Å². The van der Waals surface area contributed by atoms with Gasteiger partial charge in [0.15, 0.2) is 9.84 Å². The number of sulfonamides is 1. The van der Waals surface area contributed by atoms with Crippen LogP contribution in [0.3, 0.4) is 0 Å². The Bertz CT molecular complexity index is 707. The van der Waals surface area contributed by atoms with Crippen LogP contribution in [0.1, 0.15) is 19.4 Å². The Morgan fingerprint density at radius 1 is 1.20 bits per heavy atom. The first-order valence-electron chi connectivity index (χ1n) is 5.92. The first kappa shape index (κ1) is 16.9. The molecule has 6 nitrogen and oxygen atoms in total. The monoisotopic (exact) mass is 320 g/mol. The van der Waals surface area contributed by atoms with Gasteiger partial charge in [-0.15, -0.1) is 0 Å². The van der Waals surface area contributed by atoms with Crippen LogP contribution in [0.2, 0.25) is 0 Å². The molecular weight excluding hydrogens is 300 g/mol. The number of nitrogen functional groups attached to an aromatic ring is 1. The van der Waals surface area contributed by atoms with Gasteiger partial charge in [0.25, 0.3) is 0 Å². The van der Waals surface area contributed by atoms with Crippen LogP contribution in [-0.4, -0.2) is 34.4 Å². The Morgan fingerprint density at radius 2 is 1.75 bits per heavy atom. The van der Waals surface area contributed by atoms with Gasteiger partial charge in [0, 0.05) is 18.5 Å². The lowest BCUT2D eigenvalue weighted by Crippen LogP contribution is -2.43. The SMILES string of the molecule is Cc1ccc(S(=O)(=O)NCC(C)(C)S(C)(=O)=O)cc1N. The summed E-state index contributed by atoms with van der Waals surface area (Å²) in [6.07, 6.45) is 1.07. The molecule has 0 fully saturated rings. The van der Waals surface area contributed by atoms with Crippen molar-refractivity contribution >= 4 is 25.5 Å². The van der Waals surface area contributed by atoms with E-state index in [0.717, 1.165) is 11.8 Å². The van der Waals surface area contributed by atoms with Gasteiger partial charge in [0.1, 0.15) is 0 Å². The quantitative estimate of drug-likeness (QED) is 0.776. The predicted octanol–water partition coefficient (Wildman–Crippen LogP) is 0.679. The number of anilines is 1. The third-order valence-electron chi connectivity index (χ3n) is 3.25. The zero-order valence-electron chi connectivity index (χ0n) is 12.0. The second-order valence-electron chi connectivity index (χ2n) is 5.37. The first-order chi connectivity index (χ1) is 8.87. The maximum Gasteiger partial charge on any atom is 0.240 e. The molecule has 114 valence electrons. The van der Waals surface area contributed by atoms with Crippen molar-refractivity contribution < 1.29 is 16.8 Å². The molecule has 0 radical (unpaired) electrons. The largest absolute Gasteiger partial charge is 0.398 e. The molecule has 1 rings (SSSR count). The Morgan fingerprint density at radius 3 is 2.20 bits per heavy atom. The van der Waals surface area contributed by atoms with Crippen LogP contribution < -0.4 is 10.5 Å². The van der Waals surface area contributed by atoms with Gasteiger partial charge < -0.3 is 5.73 Å². The summed E-state index contributed by atoms with van der Waals surface area (Å²) in [7, 11) is -7.16. The van der Waals surface area contributed by atoms with Crippen LogP contribution >= 0.6 is 0 Å². The molecule has 20 heavy (non-hydrogen) atoms. The molecule has 0 saturated heterocycles. The van der Waals surface area contributed by atoms with Crippen LogP contribution in [0.15, 0.2) is 23.1 Å². The maximum absolute atomic E-state index is 12.1. The minimum absolute atomic E-state index is 0.0184. The number of sulfone groups is 1. The Kier molecular flexibility index (Phi) is 4.52. The average Bonchev–Trinajstić information content (AvgIpc) is 2.29. The van der Waals surface area contributed by atoms with Crippen molar-refractivity contribution in [3.05, 3.63) is 23.8 Å². The summed E-state index contributed by atoms with van der Waals surface area (Å²) < 4.78 is 48.4. The van der Waals surface area contributed by atoms with Crippen LogP contribution in [-0.2, 0) is 19.9 Å². The molecular formula is C12H20N2O4S2. The van der Waals surface area contributed by atoms with E-state index >= 15 is 0 Å². The van der Waals surface area contributed by atoms with Gasteiger partial charge in [-0.1, -0.05) is 6.07 Å². The summed E-state index contributed by atoms with van der Waals surface area (Å²) in [6, 6.07) is 4.39. The maximum atomic E-state index is 12.1. The molecule has 0 bridgehead atoms. The van der Waals surface area contributed by atoms with Crippen molar-refractivity contribution in [3.63, 3.8) is 0 Å². The van der Waals surface area contributed by atoms with E-state index in [2.05, 4.69) is 4.72 Å². The van der Waals surface area contributed by atoms with Crippen molar-refractivity contribution in [2.45, 2.75) is 30.4 Å². The zero-order valence-corrected chi connectivity index (χ0v) is 13.6. The minimum Gasteiger partial charge on any atom is -0.398 e. The lowest BCUT2D eigenvalue weighted by Gasteiger charge is -2.22. The van der Waals surface area contributed by atoms with Gasteiger partial charge in [0.2, 0.25) is 10.0 Å². The highest BCUT2D eigenvalue weighted by molar-refractivity contribution is 7.92. The van der Waals surface area contributed by atoms with Crippen LogP contribution in [0.4, 0.5) is 5.69 Å². The van der Waals surface area contributed by atoms with E-state index in [4.69, 9.17) is 5.73 Å². The number of hydrogen-bond acceptors (Lipinski definition) is 5. The minimum atomic E-state index is -3.79. The van der Waals surface area contributed by atoms with E-state index in [9.17, 15) is 16.8 Å². The highest BCUT2D eigenvalue weighted by Gasteiger charge is 2.31. The van der Waals surface area contributed by atoms with Crippen molar-refractivity contribution in [2.24, 2.45) is 0 Å². The van der Waals surface area contributed by atoms with E-state index in [1.54, 1.807) is 13.0 Å².